The number of benzene rings is 1. The summed E-state index contributed by atoms with van der Waals surface area (Å²) in [5.41, 5.74) is 1.14. The lowest BCUT2D eigenvalue weighted by atomic mass is 10.1. The van der Waals surface area contributed by atoms with Crippen LogP contribution in [0.1, 0.15) is 22.8 Å². The molecule has 0 atom stereocenters. The predicted octanol–water partition coefficient (Wildman–Crippen LogP) is 2.57. The molecular weight excluding hydrogens is 320 g/mol. The molecule has 2 amide bonds. The Hall–Kier alpha value is -3.03. The van der Waals surface area contributed by atoms with Gasteiger partial charge in [-0.05, 0) is 29.8 Å². The third kappa shape index (κ3) is 5.01. The number of nitrogens with zero attached hydrogens (tertiary/aromatic N) is 1. The van der Waals surface area contributed by atoms with Crippen LogP contribution < -0.4 is 15.4 Å². The summed E-state index contributed by atoms with van der Waals surface area (Å²) in [7, 11) is 0. The first kappa shape index (κ1) is 17.3. The highest BCUT2D eigenvalue weighted by atomic mass is 19.3. The SMILES string of the molecule is CC(=O)NCc1ccc(C(=O)Nc2ncccc2OC(F)F)cc1. The van der Waals surface area contributed by atoms with Crippen LogP contribution in [-0.4, -0.2) is 23.4 Å². The van der Waals surface area contributed by atoms with Crippen molar-refractivity contribution in [2.75, 3.05) is 5.32 Å². The number of pyridine rings is 1. The second-order valence-electron chi connectivity index (χ2n) is 4.79. The largest absolute Gasteiger partial charge is 0.431 e. The lowest BCUT2D eigenvalue weighted by Gasteiger charge is -2.10. The van der Waals surface area contributed by atoms with Crippen molar-refractivity contribution in [3.05, 3.63) is 53.7 Å². The lowest BCUT2D eigenvalue weighted by Crippen LogP contribution is -2.19. The van der Waals surface area contributed by atoms with Gasteiger partial charge in [-0.15, -0.1) is 0 Å². The highest BCUT2D eigenvalue weighted by molar-refractivity contribution is 6.04. The number of hydrogen-bond donors (Lipinski definition) is 2. The van der Waals surface area contributed by atoms with E-state index in [0.29, 0.717) is 12.1 Å². The molecule has 8 heteroatoms. The van der Waals surface area contributed by atoms with Crippen molar-refractivity contribution >= 4 is 17.6 Å². The number of hydrogen-bond acceptors (Lipinski definition) is 4. The normalized spacial score (nSPS) is 10.3. The number of carbonyl (C=O) groups excluding carboxylic acids is 2. The third-order valence-electron chi connectivity index (χ3n) is 2.98. The molecule has 1 heterocycles. The molecule has 2 rings (SSSR count). The number of carbonyl (C=O) groups is 2. The first-order chi connectivity index (χ1) is 11.5. The Labute approximate surface area is 136 Å². The Kier molecular flexibility index (Phi) is 5.78. The number of amides is 2. The molecular formula is C16H15F2N3O3. The maximum absolute atomic E-state index is 12.3. The topological polar surface area (TPSA) is 80.3 Å². The van der Waals surface area contributed by atoms with Crippen molar-refractivity contribution in [1.82, 2.24) is 10.3 Å². The summed E-state index contributed by atoms with van der Waals surface area (Å²) in [6, 6.07) is 9.18. The third-order valence-corrected chi connectivity index (χ3v) is 2.98. The molecule has 0 aliphatic rings. The number of nitrogens with one attached hydrogen (secondary N) is 2. The van der Waals surface area contributed by atoms with E-state index in [1.807, 2.05) is 0 Å². The van der Waals surface area contributed by atoms with Crippen LogP contribution in [-0.2, 0) is 11.3 Å². The van der Waals surface area contributed by atoms with Crippen LogP contribution >= 0.6 is 0 Å². The number of anilines is 1. The van der Waals surface area contributed by atoms with Gasteiger partial charge in [-0.3, -0.25) is 9.59 Å². The zero-order valence-electron chi connectivity index (χ0n) is 12.8. The minimum Gasteiger partial charge on any atom is -0.431 e. The molecule has 0 radical (unpaired) electrons. The summed E-state index contributed by atoms with van der Waals surface area (Å²) < 4.78 is 29.0. The van der Waals surface area contributed by atoms with E-state index in [9.17, 15) is 18.4 Å². The Morgan fingerprint density at radius 2 is 1.92 bits per heavy atom. The van der Waals surface area contributed by atoms with Crippen LogP contribution in [0.5, 0.6) is 5.75 Å². The van der Waals surface area contributed by atoms with Crippen LogP contribution in [0, 0.1) is 0 Å². The average molecular weight is 335 g/mol. The van der Waals surface area contributed by atoms with Crippen molar-refractivity contribution in [2.24, 2.45) is 0 Å². The van der Waals surface area contributed by atoms with E-state index in [-0.39, 0.29) is 17.5 Å². The monoisotopic (exact) mass is 335 g/mol. The molecule has 0 spiro atoms. The van der Waals surface area contributed by atoms with E-state index in [0.717, 1.165) is 5.56 Å². The number of halogens is 2. The predicted molar refractivity (Wildman–Crippen MR) is 82.8 cm³/mol. The van der Waals surface area contributed by atoms with E-state index >= 15 is 0 Å². The van der Waals surface area contributed by atoms with E-state index in [2.05, 4.69) is 20.4 Å². The molecule has 0 bridgehead atoms. The van der Waals surface area contributed by atoms with Gasteiger partial charge in [0.05, 0.1) is 0 Å². The van der Waals surface area contributed by atoms with Gasteiger partial charge in [0.2, 0.25) is 5.91 Å². The van der Waals surface area contributed by atoms with Gasteiger partial charge >= 0.3 is 6.61 Å². The summed E-state index contributed by atoms with van der Waals surface area (Å²) >= 11 is 0. The van der Waals surface area contributed by atoms with Gasteiger partial charge < -0.3 is 15.4 Å². The summed E-state index contributed by atoms with van der Waals surface area (Å²) in [5, 5.41) is 5.06. The summed E-state index contributed by atoms with van der Waals surface area (Å²) in [6.07, 6.45) is 1.35. The highest BCUT2D eigenvalue weighted by Gasteiger charge is 2.14. The highest BCUT2D eigenvalue weighted by Crippen LogP contribution is 2.23. The second-order valence-corrected chi connectivity index (χ2v) is 4.79. The van der Waals surface area contributed by atoms with Crippen molar-refractivity contribution in [2.45, 2.75) is 20.1 Å². The maximum atomic E-state index is 12.3. The molecule has 0 unspecified atom stereocenters. The Morgan fingerprint density at radius 1 is 1.21 bits per heavy atom. The van der Waals surface area contributed by atoms with E-state index in [4.69, 9.17) is 0 Å². The fraction of sp³-hybridized carbons (Fsp3) is 0.188. The van der Waals surface area contributed by atoms with Crippen molar-refractivity contribution in [3.63, 3.8) is 0 Å². The summed E-state index contributed by atoms with van der Waals surface area (Å²) in [6.45, 7) is -1.25. The Bertz CT molecular complexity index is 721. The molecule has 0 aliphatic heterocycles. The molecule has 1 aromatic heterocycles. The van der Waals surface area contributed by atoms with Crippen LogP contribution in [0.2, 0.25) is 0 Å². The van der Waals surface area contributed by atoms with Gasteiger partial charge in [0.15, 0.2) is 11.6 Å². The van der Waals surface area contributed by atoms with Gasteiger partial charge in [-0.1, -0.05) is 12.1 Å². The molecule has 2 N–H and O–H groups in total. The quantitative estimate of drug-likeness (QED) is 0.850. The molecule has 126 valence electrons. The molecule has 2 aromatic rings. The number of rotatable bonds is 6. The fourth-order valence-electron chi connectivity index (χ4n) is 1.86. The van der Waals surface area contributed by atoms with E-state index < -0.39 is 12.5 Å². The molecule has 24 heavy (non-hydrogen) atoms. The Morgan fingerprint density at radius 3 is 2.54 bits per heavy atom. The molecule has 1 aromatic carbocycles. The van der Waals surface area contributed by atoms with Crippen molar-refractivity contribution in [3.8, 4) is 5.75 Å². The second kappa shape index (κ2) is 8.00. The average Bonchev–Trinajstić information content (AvgIpc) is 2.54. The molecule has 0 fully saturated rings. The molecule has 0 saturated heterocycles. The summed E-state index contributed by atoms with van der Waals surface area (Å²) in [5.74, 6) is -0.981. The first-order valence-electron chi connectivity index (χ1n) is 7.00. The van der Waals surface area contributed by atoms with Crippen molar-refractivity contribution < 1.29 is 23.1 Å². The van der Waals surface area contributed by atoms with E-state index in [1.165, 1.54) is 25.3 Å². The van der Waals surface area contributed by atoms with Gasteiger partial charge in [0, 0.05) is 25.2 Å². The fourth-order valence-corrected chi connectivity index (χ4v) is 1.86. The van der Waals surface area contributed by atoms with Crippen LogP contribution in [0.15, 0.2) is 42.6 Å². The lowest BCUT2D eigenvalue weighted by molar-refractivity contribution is -0.119. The summed E-state index contributed by atoms with van der Waals surface area (Å²) in [4.78, 5) is 26.8. The maximum Gasteiger partial charge on any atom is 0.387 e. The number of aromatic nitrogens is 1. The smallest absolute Gasteiger partial charge is 0.387 e. The van der Waals surface area contributed by atoms with Crippen LogP contribution in [0.4, 0.5) is 14.6 Å². The zero-order valence-corrected chi connectivity index (χ0v) is 12.8. The standard InChI is InChI=1S/C16H15F2N3O3/c1-10(22)20-9-11-4-6-12(7-5-11)15(23)21-14-13(24-16(17)18)3-2-8-19-14/h2-8,16H,9H2,1H3,(H,20,22)(H,19,21,23). The molecule has 0 aliphatic carbocycles. The first-order valence-corrected chi connectivity index (χ1v) is 7.00. The Balaban J connectivity index is 2.06. The number of ether oxygens (including phenoxy) is 1. The van der Waals surface area contributed by atoms with E-state index in [1.54, 1.807) is 24.3 Å². The van der Waals surface area contributed by atoms with Gasteiger partial charge in [0.1, 0.15) is 0 Å². The van der Waals surface area contributed by atoms with Gasteiger partial charge in [-0.25, -0.2) is 4.98 Å². The molecule has 0 saturated carbocycles. The van der Waals surface area contributed by atoms with Crippen molar-refractivity contribution in [1.29, 1.82) is 0 Å². The van der Waals surface area contributed by atoms with Crippen LogP contribution in [0.25, 0.3) is 0 Å². The minimum atomic E-state index is -3.02. The zero-order chi connectivity index (χ0) is 17.5. The van der Waals surface area contributed by atoms with Crippen LogP contribution in [0.3, 0.4) is 0 Å². The molecule has 6 nitrogen and oxygen atoms in total. The van der Waals surface area contributed by atoms with Gasteiger partial charge in [0.25, 0.3) is 5.91 Å². The van der Waals surface area contributed by atoms with Gasteiger partial charge in [-0.2, -0.15) is 8.78 Å². The minimum absolute atomic E-state index is 0.0925. The number of alkyl halides is 2.